The number of fused-ring (bicyclic) bond motifs is 1. The molecule has 0 saturated heterocycles. The lowest BCUT2D eigenvalue weighted by Crippen LogP contribution is -2.17. The molecule has 0 amide bonds. The van der Waals surface area contributed by atoms with Crippen molar-refractivity contribution in [3.63, 3.8) is 0 Å². The van der Waals surface area contributed by atoms with E-state index in [1.807, 2.05) is 27.8 Å². The summed E-state index contributed by atoms with van der Waals surface area (Å²) in [6, 6.07) is 0. The number of hydrogen-bond donors (Lipinski definition) is 0. The van der Waals surface area contributed by atoms with Crippen molar-refractivity contribution in [1.29, 1.82) is 0 Å². The fraction of sp³-hybridized carbons (Fsp3) is 0.429. The number of pyridine rings is 2. The highest BCUT2D eigenvalue weighted by atomic mass is 16.1. The standard InChI is InChI=1S/C14H18N2O/c1-7-8(2)13-12(15-10(7)4)14(17)9(3)11(5)16(13)6/h1-6H3. The van der Waals surface area contributed by atoms with Gasteiger partial charge in [0.15, 0.2) is 0 Å². The first-order chi connectivity index (χ1) is 7.86. The smallest absolute Gasteiger partial charge is 0.210 e. The van der Waals surface area contributed by atoms with Gasteiger partial charge in [-0.05, 0) is 45.7 Å². The lowest BCUT2D eigenvalue weighted by atomic mass is 10.0. The Kier molecular flexibility index (Phi) is 2.57. The first-order valence-electron chi connectivity index (χ1n) is 5.80. The average Bonchev–Trinajstić information content (AvgIpc) is 2.30. The van der Waals surface area contributed by atoms with Crippen LogP contribution in [0.5, 0.6) is 0 Å². The Morgan fingerprint density at radius 3 is 2.12 bits per heavy atom. The molecule has 0 atom stereocenters. The van der Waals surface area contributed by atoms with Gasteiger partial charge >= 0.3 is 0 Å². The average molecular weight is 230 g/mol. The minimum Gasteiger partial charge on any atom is -0.346 e. The summed E-state index contributed by atoms with van der Waals surface area (Å²) < 4.78 is 2.07. The lowest BCUT2D eigenvalue weighted by molar-refractivity contribution is 0.873. The van der Waals surface area contributed by atoms with Crippen molar-refractivity contribution < 1.29 is 0 Å². The summed E-state index contributed by atoms with van der Waals surface area (Å²) in [7, 11) is 1.99. The van der Waals surface area contributed by atoms with Gasteiger partial charge in [-0.2, -0.15) is 0 Å². The molecule has 0 aliphatic carbocycles. The maximum Gasteiger partial charge on any atom is 0.210 e. The van der Waals surface area contributed by atoms with Crippen LogP contribution in [-0.4, -0.2) is 9.55 Å². The molecule has 90 valence electrons. The van der Waals surface area contributed by atoms with Crippen LogP contribution in [0.2, 0.25) is 0 Å². The molecule has 2 rings (SSSR count). The topological polar surface area (TPSA) is 34.9 Å². The summed E-state index contributed by atoms with van der Waals surface area (Å²) in [5.74, 6) is 0. The Balaban J connectivity index is 3.18. The van der Waals surface area contributed by atoms with E-state index in [0.717, 1.165) is 33.6 Å². The van der Waals surface area contributed by atoms with Gasteiger partial charge in [-0.1, -0.05) is 0 Å². The van der Waals surface area contributed by atoms with Gasteiger partial charge in [-0.15, -0.1) is 0 Å². The van der Waals surface area contributed by atoms with E-state index < -0.39 is 0 Å². The van der Waals surface area contributed by atoms with Crippen LogP contribution in [-0.2, 0) is 7.05 Å². The largest absolute Gasteiger partial charge is 0.346 e. The second-order valence-corrected chi connectivity index (χ2v) is 4.74. The molecule has 0 aliphatic rings. The molecule has 0 aromatic carbocycles. The van der Waals surface area contributed by atoms with Crippen molar-refractivity contribution in [2.45, 2.75) is 34.6 Å². The Morgan fingerprint density at radius 1 is 0.941 bits per heavy atom. The maximum absolute atomic E-state index is 12.2. The Hall–Kier alpha value is -1.64. The zero-order chi connectivity index (χ0) is 12.9. The van der Waals surface area contributed by atoms with Crippen molar-refractivity contribution >= 4 is 11.0 Å². The maximum atomic E-state index is 12.2. The number of rotatable bonds is 0. The SMILES string of the molecule is Cc1nc2c(=O)c(C)c(C)n(C)c2c(C)c1C. The van der Waals surface area contributed by atoms with E-state index in [-0.39, 0.29) is 5.43 Å². The molecule has 3 heteroatoms. The molecular formula is C14H18N2O. The molecule has 0 saturated carbocycles. The van der Waals surface area contributed by atoms with E-state index in [2.05, 4.69) is 23.4 Å². The van der Waals surface area contributed by atoms with E-state index in [4.69, 9.17) is 0 Å². The molecule has 0 unspecified atom stereocenters. The predicted molar refractivity (Wildman–Crippen MR) is 70.7 cm³/mol. The highest BCUT2D eigenvalue weighted by molar-refractivity contribution is 5.80. The van der Waals surface area contributed by atoms with Crippen LogP contribution >= 0.6 is 0 Å². The molecule has 0 spiro atoms. The third-order valence-corrected chi connectivity index (χ3v) is 3.90. The van der Waals surface area contributed by atoms with Crippen molar-refractivity contribution in [3.8, 4) is 0 Å². The van der Waals surface area contributed by atoms with E-state index in [9.17, 15) is 4.79 Å². The van der Waals surface area contributed by atoms with Crippen molar-refractivity contribution in [3.05, 3.63) is 38.3 Å². The Bertz CT molecular complexity index is 673. The van der Waals surface area contributed by atoms with Gasteiger partial charge < -0.3 is 4.57 Å². The molecule has 2 aromatic rings. The molecule has 2 aromatic heterocycles. The number of nitrogens with zero attached hydrogens (tertiary/aromatic N) is 2. The summed E-state index contributed by atoms with van der Waals surface area (Å²) in [6.45, 7) is 9.90. The summed E-state index contributed by atoms with van der Waals surface area (Å²) in [5.41, 5.74) is 6.66. The van der Waals surface area contributed by atoms with Crippen LogP contribution in [0.1, 0.15) is 28.1 Å². The fourth-order valence-electron chi connectivity index (χ4n) is 2.26. The second-order valence-electron chi connectivity index (χ2n) is 4.74. The molecule has 0 bridgehead atoms. The van der Waals surface area contributed by atoms with Gasteiger partial charge in [0.25, 0.3) is 0 Å². The van der Waals surface area contributed by atoms with Crippen LogP contribution < -0.4 is 5.43 Å². The molecule has 0 N–H and O–H groups in total. The van der Waals surface area contributed by atoms with Gasteiger partial charge in [-0.25, -0.2) is 4.98 Å². The minimum atomic E-state index is 0.0572. The van der Waals surface area contributed by atoms with Crippen molar-refractivity contribution in [2.24, 2.45) is 7.05 Å². The van der Waals surface area contributed by atoms with Gasteiger partial charge in [-0.3, -0.25) is 4.79 Å². The van der Waals surface area contributed by atoms with Gasteiger partial charge in [0.05, 0.1) is 5.52 Å². The van der Waals surface area contributed by atoms with Crippen molar-refractivity contribution in [1.82, 2.24) is 9.55 Å². The molecule has 0 radical (unpaired) electrons. The molecule has 0 fully saturated rings. The van der Waals surface area contributed by atoms with E-state index >= 15 is 0 Å². The highest BCUT2D eigenvalue weighted by Gasteiger charge is 2.14. The minimum absolute atomic E-state index is 0.0572. The number of aromatic nitrogens is 2. The van der Waals surface area contributed by atoms with Crippen LogP contribution in [0.25, 0.3) is 11.0 Å². The van der Waals surface area contributed by atoms with Crippen LogP contribution in [0.4, 0.5) is 0 Å². The first kappa shape index (κ1) is 11.8. The van der Waals surface area contributed by atoms with Gasteiger partial charge in [0, 0.05) is 24.0 Å². The Morgan fingerprint density at radius 2 is 1.53 bits per heavy atom. The molecule has 2 heterocycles. The van der Waals surface area contributed by atoms with Crippen LogP contribution in [0, 0.1) is 34.6 Å². The Labute approximate surface area is 101 Å². The zero-order valence-electron chi connectivity index (χ0n) is 11.3. The second kappa shape index (κ2) is 3.69. The third kappa shape index (κ3) is 1.49. The predicted octanol–water partition coefficient (Wildman–Crippen LogP) is 2.48. The quantitative estimate of drug-likeness (QED) is 0.697. The van der Waals surface area contributed by atoms with Gasteiger partial charge in [0.2, 0.25) is 5.43 Å². The molecule has 17 heavy (non-hydrogen) atoms. The fourth-order valence-corrected chi connectivity index (χ4v) is 2.26. The van der Waals surface area contributed by atoms with Gasteiger partial charge in [0.1, 0.15) is 5.52 Å². The lowest BCUT2D eigenvalue weighted by Gasteiger charge is -2.16. The molecule has 0 aliphatic heterocycles. The van der Waals surface area contributed by atoms with E-state index in [1.54, 1.807) is 0 Å². The summed E-state index contributed by atoms with van der Waals surface area (Å²) in [5, 5.41) is 0. The van der Waals surface area contributed by atoms with Crippen molar-refractivity contribution in [2.75, 3.05) is 0 Å². The first-order valence-corrected chi connectivity index (χ1v) is 5.80. The van der Waals surface area contributed by atoms with E-state index in [0.29, 0.717) is 5.52 Å². The third-order valence-electron chi connectivity index (χ3n) is 3.90. The zero-order valence-corrected chi connectivity index (χ0v) is 11.3. The van der Waals surface area contributed by atoms with Crippen LogP contribution in [0.15, 0.2) is 4.79 Å². The summed E-state index contributed by atoms with van der Waals surface area (Å²) in [4.78, 5) is 16.7. The highest BCUT2D eigenvalue weighted by Crippen LogP contribution is 2.21. The number of aryl methyl sites for hydroxylation is 3. The molecular weight excluding hydrogens is 212 g/mol. The molecule has 3 nitrogen and oxygen atoms in total. The number of hydrogen-bond acceptors (Lipinski definition) is 2. The summed E-state index contributed by atoms with van der Waals surface area (Å²) in [6.07, 6.45) is 0. The summed E-state index contributed by atoms with van der Waals surface area (Å²) >= 11 is 0. The monoisotopic (exact) mass is 230 g/mol. The normalized spacial score (nSPS) is 11.2. The van der Waals surface area contributed by atoms with E-state index in [1.165, 1.54) is 0 Å². The van der Waals surface area contributed by atoms with Crippen LogP contribution in [0.3, 0.4) is 0 Å².